The van der Waals surface area contributed by atoms with Crippen molar-refractivity contribution in [2.75, 3.05) is 19.1 Å². The van der Waals surface area contributed by atoms with Gasteiger partial charge in [0.15, 0.2) is 11.5 Å². The van der Waals surface area contributed by atoms with E-state index in [-0.39, 0.29) is 0 Å². The van der Waals surface area contributed by atoms with Gasteiger partial charge in [-0.2, -0.15) is 12.6 Å². The van der Waals surface area contributed by atoms with Crippen LogP contribution in [0.5, 0.6) is 11.5 Å². The molecule has 82 valence electrons. The van der Waals surface area contributed by atoms with E-state index in [4.69, 9.17) is 9.47 Å². The molecule has 0 aromatic heterocycles. The summed E-state index contributed by atoms with van der Waals surface area (Å²) in [5, 5.41) is 3.18. The van der Waals surface area contributed by atoms with E-state index < -0.39 is 0 Å². The summed E-state index contributed by atoms with van der Waals surface area (Å²) in [5.41, 5.74) is 2.45. The van der Waals surface area contributed by atoms with Crippen LogP contribution in [0.1, 0.15) is 11.1 Å². The van der Waals surface area contributed by atoms with Gasteiger partial charge in [0.05, 0.1) is 0 Å². The van der Waals surface area contributed by atoms with E-state index in [2.05, 4.69) is 24.9 Å². The molecule has 3 nitrogen and oxygen atoms in total. The number of aryl methyl sites for hydroxylation is 1. The lowest BCUT2D eigenvalue weighted by molar-refractivity contribution is 0.171. The van der Waals surface area contributed by atoms with Gasteiger partial charge in [-0.1, -0.05) is 0 Å². The van der Waals surface area contributed by atoms with E-state index in [1.54, 1.807) is 0 Å². The van der Waals surface area contributed by atoms with Gasteiger partial charge in [0.2, 0.25) is 0 Å². The van der Waals surface area contributed by atoms with Crippen LogP contribution in [0, 0.1) is 6.92 Å². The van der Waals surface area contributed by atoms with Crippen molar-refractivity contribution in [2.45, 2.75) is 13.5 Å². The number of rotatable bonds is 3. The number of benzene rings is 1. The third-order valence-corrected chi connectivity index (χ3v) is 2.65. The van der Waals surface area contributed by atoms with E-state index in [9.17, 15) is 0 Å². The predicted molar refractivity (Wildman–Crippen MR) is 62.9 cm³/mol. The Kier molecular flexibility index (Phi) is 3.38. The van der Waals surface area contributed by atoms with Gasteiger partial charge in [-0.15, -0.1) is 0 Å². The molecule has 2 rings (SSSR count). The molecule has 0 fully saturated rings. The van der Waals surface area contributed by atoms with E-state index in [1.165, 1.54) is 11.1 Å². The highest BCUT2D eigenvalue weighted by Crippen LogP contribution is 2.32. The van der Waals surface area contributed by atoms with Gasteiger partial charge in [0, 0.05) is 12.4 Å². The molecule has 1 aromatic rings. The van der Waals surface area contributed by atoms with Crippen molar-refractivity contribution in [1.29, 1.82) is 0 Å². The first-order valence-corrected chi connectivity index (χ1v) is 5.65. The van der Waals surface area contributed by atoms with Crippen molar-refractivity contribution in [2.24, 2.45) is 0 Å². The summed E-state index contributed by atoms with van der Waals surface area (Å²) in [6.45, 7) is 4.16. The van der Waals surface area contributed by atoms with Crippen LogP contribution < -0.4 is 14.8 Å². The second kappa shape index (κ2) is 4.77. The SMILES string of the molecule is Cc1cc2c(cc1CNCS)OCCO2. The first-order chi connectivity index (χ1) is 7.31. The Balaban J connectivity index is 2.24. The molecule has 0 saturated carbocycles. The molecule has 0 unspecified atom stereocenters. The Morgan fingerprint density at radius 2 is 1.93 bits per heavy atom. The van der Waals surface area contributed by atoms with Gasteiger partial charge in [-0.3, -0.25) is 0 Å². The molecular formula is C11H15NO2S. The zero-order chi connectivity index (χ0) is 10.7. The molecule has 0 amide bonds. The summed E-state index contributed by atoms with van der Waals surface area (Å²) in [6.07, 6.45) is 0. The molecule has 0 saturated heterocycles. The van der Waals surface area contributed by atoms with Crippen LogP contribution in [0.25, 0.3) is 0 Å². The van der Waals surface area contributed by atoms with Crippen molar-refractivity contribution in [3.05, 3.63) is 23.3 Å². The molecule has 4 heteroatoms. The monoisotopic (exact) mass is 225 g/mol. The standard InChI is InChI=1S/C11H15NO2S/c1-8-4-10-11(14-3-2-13-10)5-9(8)6-12-7-15/h4-5,12,15H,2-3,6-7H2,1H3. The highest BCUT2D eigenvalue weighted by Gasteiger charge is 2.13. The highest BCUT2D eigenvalue weighted by atomic mass is 32.1. The molecule has 1 aliphatic rings. The number of nitrogens with one attached hydrogen (secondary N) is 1. The van der Waals surface area contributed by atoms with E-state index >= 15 is 0 Å². The maximum absolute atomic E-state index is 5.53. The second-order valence-electron chi connectivity index (χ2n) is 3.51. The Bertz CT molecular complexity index is 355. The fourth-order valence-corrected chi connectivity index (χ4v) is 1.73. The number of thiol groups is 1. The lowest BCUT2D eigenvalue weighted by Crippen LogP contribution is -2.17. The number of fused-ring (bicyclic) bond motifs is 1. The van der Waals surface area contributed by atoms with Crippen molar-refractivity contribution in [3.8, 4) is 11.5 Å². The number of hydrogen-bond acceptors (Lipinski definition) is 4. The largest absolute Gasteiger partial charge is 0.486 e. The van der Waals surface area contributed by atoms with Crippen LogP contribution in [-0.2, 0) is 6.54 Å². The van der Waals surface area contributed by atoms with Crippen molar-refractivity contribution in [1.82, 2.24) is 5.32 Å². The summed E-state index contributed by atoms with van der Waals surface area (Å²) < 4.78 is 11.0. The summed E-state index contributed by atoms with van der Waals surface area (Å²) in [6, 6.07) is 4.07. The van der Waals surface area contributed by atoms with E-state index in [1.807, 2.05) is 12.1 Å². The highest BCUT2D eigenvalue weighted by molar-refractivity contribution is 7.80. The summed E-state index contributed by atoms with van der Waals surface area (Å²) in [7, 11) is 0. The normalized spacial score (nSPS) is 14.0. The van der Waals surface area contributed by atoms with Crippen LogP contribution in [0.4, 0.5) is 0 Å². The Morgan fingerprint density at radius 1 is 1.27 bits per heavy atom. The summed E-state index contributed by atoms with van der Waals surface area (Å²) in [5.74, 6) is 2.38. The average molecular weight is 225 g/mol. The van der Waals surface area contributed by atoms with Crippen molar-refractivity contribution < 1.29 is 9.47 Å². The first kappa shape index (κ1) is 10.6. The van der Waals surface area contributed by atoms with Crippen molar-refractivity contribution >= 4 is 12.6 Å². The van der Waals surface area contributed by atoms with Crippen molar-refractivity contribution in [3.63, 3.8) is 0 Å². The van der Waals surface area contributed by atoms with Crippen LogP contribution in [-0.4, -0.2) is 19.1 Å². The molecule has 0 atom stereocenters. The van der Waals surface area contributed by atoms with Gasteiger partial charge >= 0.3 is 0 Å². The third kappa shape index (κ3) is 2.38. The fraction of sp³-hybridized carbons (Fsp3) is 0.455. The Hall–Kier alpha value is -0.870. The molecule has 15 heavy (non-hydrogen) atoms. The molecule has 1 aromatic carbocycles. The molecule has 0 bridgehead atoms. The summed E-state index contributed by atoms with van der Waals surface area (Å²) in [4.78, 5) is 0. The van der Waals surface area contributed by atoms with Gasteiger partial charge < -0.3 is 14.8 Å². The van der Waals surface area contributed by atoms with Gasteiger partial charge in [0.25, 0.3) is 0 Å². The topological polar surface area (TPSA) is 30.5 Å². The molecule has 1 N–H and O–H groups in total. The first-order valence-electron chi connectivity index (χ1n) is 5.02. The van der Waals surface area contributed by atoms with Crippen LogP contribution in [0.2, 0.25) is 0 Å². The quantitative estimate of drug-likeness (QED) is 0.607. The lowest BCUT2D eigenvalue weighted by atomic mass is 10.1. The fourth-order valence-electron chi connectivity index (χ4n) is 1.61. The minimum atomic E-state index is 0.634. The third-order valence-electron chi connectivity index (χ3n) is 2.43. The lowest BCUT2D eigenvalue weighted by Gasteiger charge is -2.20. The van der Waals surface area contributed by atoms with Gasteiger partial charge in [-0.25, -0.2) is 0 Å². The van der Waals surface area contributed by atoms with Crippen LogP contribution in [0.3, 0.4) is 0 Å². The van der Waals surface area contributed by atoms with Gasteiger partial charge in [-0.05, 0) is 30.2 Å². The van der Waals surface area contributed by atoms with Crippen LogP contribution in [0.15, 0.2) is 12.1 Å². The Morgan fingerprint density at radius 3 is 2.60 bits per heavy atom. The summed E-state index contributed by atoms with van der Waals surface area (Å²) >= 11 is 4.12. The maximum atomic E-state index is 5.53. The predicted octanol–water partition coefficient (Wildman–Crippen LogP) is 1.74. The molecule has 1 heterocycles. The van der Waals surface area contributed by atoms with Gasteiger partial charge in [0.1, 0.15) is 13.2 Å². The zero-order valence-electron chi connectivity index (χ0n) is 8.75. The molecule has 0 radical (unpaired) electrons. The average Bonchev–Trinajstić information content (AvgIpc) is 2.26. The van der Waals surface area contributed by atoms with Crippen LogP contribution >= 0.6 is 12.6 Å². The minimum Gasteiger partial charge on any atom is -0.486 e. The molecule has 0 spiro atoms. The molecular weight excluding hydrogens is 210 g/mol. The van der Waals surface area contributed by atoms with E-state index in [0.717, 1.165) is 18.0 Å². The second-order valence-corrected chi connectivity index (χ2v) is 3.82. The minimum absolute atomic E-state index is 0.634. The number of hydrogen-bond donors (Lipinski definition) is 2. The maximum Gasteiger partial charge on any atom is 0.161 e. The smallest absolute Gasteiger partial charge is 0.161 e. The zero-order valence-corrected chi connectivity index (χ0v) is 9.64. The van der Waals surface area contributed by atoms with E-state index in [0.29, 0.717) is 19.1 Å². The Labute approximate surface area is 95.2 Å². The number of ether oxygens (including phenoxy) is 2. The molecule has 1 aliphatic heterocycles. The molecule has 0 aliphatic carbocycles.